The maximum absolute atomic E-state index is 13.3. The Labute approximate surface area is 165 Å². The van der Waals surface area contributed by atoms with Crippen LogP contribution in [0.1, 0.15) is 18.5 Å². The van der Waals surface area contributed by atoms with Crippen LogP contribution in [0.15, 0.2) is 59.8 Å². The molecule has 7 nitrogen and oxygen atoms in total. The van der Waals surface area contributed by atoms with E-state index in [1.54, 1.807) is 30.0 Å². The number of thiocarbonyl (C=S) groups is 1. The van der Waals surface area contributed by atoms with Crippen molar-refractivity contribution in [2.75, 3.05) is 12.0 Å². The van der Waals surface area contributed by atoms with Crippen LogP contribution in [0.4, 0.5) is 15.8 Å². The number of ether oxygens (including phenoxy) is 1. The second-order valence-corrected chi connectivity index (χ2v) is 6.39. The number of anilines is 1. The van der Waals surface area contributed by atoms with Crippen LogP contribution < -0.4 is 10.2 Å². The number of esters is 1. The van der Waals surface area contributed by atoms with Gasteiger partial charge in [-0.05, 0) is 49.5 Å². The highest BCUT2D eigenvalue weighted by atomic mass is 32.1. The molecule has 9 heteroatoms. The van der Waals surface area contributed by atoms with Gasteiger partial charge in [0, 0.05) is 17.5 Å². The van der Waals surface area contributed by atoms with Crippen LogP contribution in [0.3, 0.4) is 0 Å². The first-order valence-corrected chi connectivity index (χ1v) is 8.64. The molecule has 2 aromatic rings. The van der Waals surface area contributed by atoms with Crippen LogP contribution >= 0.6 is 12.2 Å². The summed E-state index contributed by atoms with van der Waals surface area (Å²) in [6, 6.07) is 10.8. The first-order chi connectivity index (χ1) is 13.3. The molecule has 0 fully saturated rings. The second-order valence-electron chi connectivity index (χ2n) is 6.00. The summed E-state index contributed by atoms with van der Waals surface area (Å²) < 4.78 is 18.2. The predicted octanol–water partition coefficient (Wildman–Crippen LogP) is 3.62. The minimum atomic E-state index is -0.863. The first-order valence-electron chi connectivity index (χ1n) is 8.23. The lowest BCUT2D eigenvalue weighted by Crippen LogP contribution is -2.48. The van der Waals surface area contributed by atoms with Crippen LogP contribution in [-0.4, -0.2) is 23.1 Å². The van der Waals surface area contributed by atoms with E-state index < -0.39 is 22.8 Å². The number of halogens is 1. The molecule has 0 unspecified atom stereocenters. The van der Waals surface area contributed by atoms with Crippen molar-refractivity contribution >= 4 is 34.7 Å². The number of allylic oxidation sites excluding steroid dienone is 1. The zero-order valence-corrected chi connectivity index (χ0v) is 15.8. The van der Waals surface area contributed by atoms with Crippen molar-refractivity contribution in [3.05, 3.63) is 81.3 Å². The first kappa shape index (κ1) is 19.4. The summed E-state index contributed by atoms with van der Waals surface area (Å²) in [6.45, 7) is 1.66. The fourth-order valence-corrected chi connectivity index (χ4v) is 3.51. The molecule has 0 amide bonds. The van der Waals surface area contributed by atoms with E-state index in [2.05, 4.69) is 5.32 Å². The Kier molecular flexibility index (Phi) is 5.36. The largest absolute Gasteiger partial charge is 0.466 e. The van der Waals surface area contributed by atoms with Crippen LogP contribution in [0.2, 0.25) is 0 Å². The van der Waals surface area contributed by atoms with Crippen molar-refractivity contribution in [3.8, 4) is 0 Å². The smallest absolute Gasteiger partial charge is 0.337 e. The quantitative estimate of drug-likeness (QED) is 0.362. The SMILES string of the molecule is COC(=O)C1=C(C)N(c2ccc(F)cc2)C(=S)N[C@@H]1c1ccccc1[N+](=O)[O-]. The van der Waals surface area contributed by atoms with E-state index in [1.165, 1.54) is 37.4 Å². The molecule has 0 bridgehead atoms. The number of rotatable bonds is 4. The van der Waals surface area contributed by atoms with E-state index in [4.69, 9.17) is 17.0 Å². The number of nitro groups is 1. The monoisotopic (exact) mass is 401 g/mol. The van der Waals surface area contributed by atoms with Gasteiger partial charge in [0.2, 0.25) is 0 Å². The molecule has 0 saturated heterocycles. The van der Waals surface area contributed by atoms with Crippen LogP contribution in [0, 0.1) is 15.9 Å². The number of hydrogen-bond acceptors (Lipinski definition) is 5. The third kappa shape index (κ3) is 3.44. The van der Waals surface area contributed by atoms with Gasteiger partial charge in [-0.3, -0.25) is 15.0 Å². The standard InChI is InChI=1S/C19H16FN3O4S/c1-11-16(18(24)27-2)17(14-5-3-4-6-15(14)23(25)26)21-19(28)22(11)13-9-7-12(20)8-10-13/h3-10,17H,1-2H3,(H,21,28)/t17-/m1/s1. The third-order valence-electron chi connectivity index (χ3n) is 4.42. The average Bonchev–Trinajstić information content (AvgIpc) is 2.68. The highest BCUT2D eigenvalue weighted by Crippen LogP contribution is 2.37. The van der Waals surface area contributed by atoms with Gasteiger partial charge in [-0.25, -0.2) is 9.18 Å². The molecule has 0 radical (unpaired) electrons. The molecule has 1 aliphatic rings. The van der Waals surface area contributed by atoms with E-state index in [0.717, 1.165) is 0 Å². The summed E-state index contributed by atoms with van der Waals surface area (Å²) in [4.78, 5) is 25.1. The highest BCUT2D eigenvalue weighted by molar-refractivity contribution is 7.80. The molecule has 0 spiro atoms. The zero-order valence-electron chi connectivity index (χ0n) is 15.0. The van der Waals surface area contributed by atoms with Gasteiger partial charge in [-0.1, -0.05) is 12.1 Å². The van der Waals surface area contributed by atoms with Gasteiger partial charge in [-0.15, -0.1) is 0 Å². The molecule has 144 valence electrons. The van der Waals surface area contributed by atoms with E-state index >= 15 is 0 Å². The molecular weight excluding hydrogens is 385 g/mol. The van der Waals surface area contributed by atoms with E-state index in [9.17, 15) is 19.3 Å². The topological polar surface area (TPSA) is 84.7 Å². The molecule has 1 N–H and O–H groups in total. The molecular formula is C19H16FN3O4S. The molecule has 28 heavy (non-hydrogen) atoms. The minimum Gasteiger partial charge on any atom is -0.466 e. The second kappa shape index (κ2) is 7.73. The summed E-state index contributed by atoms with van der Waals surface area (Å²) in [5.41, 5.74) is 1.29. The van der Waals surface area contributed by atoms with Gasteiger partial charge in [0.15, 0.2) is 5.11 Å². The number of carbonyl (C=O) groups excluding carboxylic acids is 1. The Morgan fingerprint density at radius 1 is 1.25 bits per heavy atom. The van der Waals surface area contributed by atoms with Crippen molar-refractivity contribution in [2.24, 2.45) is 0 Å². The molecule has 1 atom stereocenters. The maximum Gasteiger partial charge on any atom is 0.337 e. The third-order valence-corrected chi connectivity index (χ3v) is 4.72. The average molecular weight is 401 g/mol. The van der Waals surface area contributed by atoms with Crippen LogP contribution in [0.5, 0.6) is 0 Å². The Morgan fingerprint density at radius 3 is 2.50 bits per heavy atom. The van der Waals surface area contributed by atoms with Crippen molar-refractivity contribution in [2.45, 2.75) is 13.0 Å². The van der Waals surface area contributed by atoms with Gasteiger partial charge in [-0.2, -0.15) is 0 Å². The normalized spacial score (nSPS) is 16.6. The summed E-state index contributed by atoms with van der Waals surface area (Å²) in [5, 5.41) is 14.7. The van der Waals surface area contributed by atoms with E-state index in [-0.39, 0.29) is 21.9 Å². The lowest BCUT2D eigenvalue weighted by Gasteiger charge is -2.37. The van der Waals surface area contributed by atoms with Crippen molar-refractivity contribution < 1.29 is 18.8 Å². The molecule has 0 aliphatic carbocycles. The van der Waals surface area contributed by atoms with Crippen molar-refractivity contribution in [3.63, 3.8) is 0 Å². The lowest BCUT2D eigenvalue weighted by atomic mass is 9.93. The predicted molar refractivity (Wildman–Crippen MR) is 105 cm³/mol. The van der Waals surface area contributed by atoms with Gasteiger partial charge in [0.1, 0.15) is 5.82 Å². The van der Waals surface area contributed by atoms with Crippen LogP contribution in [-0.2, 0) is 9.53 Å². The number of carbonyl (C=O) groups is 1. The molecule has 3 rings (SSSR count). The Balaban J connectivity index is 2.19. The zero-order chi connectivity index (χ0) is 20.4. The number of hydrogen-bond donors (Lipinski definition) is 1. The Morgan fingerprint density at radius 2 is 1.89 bits per heavy atom. The molecule has 0 aromatic heterocycles. The Hall–Kier alpha value is -3.33. The van der Waals surface area contributed by atoms with Gasteiger partial charge in [0.05, 0.1) is 29.2 Å². The maximum atomic E-state index is 13.3. The highest BCUT2D eigenvalue weighted by Gasteiger charge is 2.37. The Bertz CT molecular complexity index is 991. The van der Waals surface area contributed by atoms with Crippen LogP contribution in [0.25, 0.3) is 0 Å². The fraction of sp³-hybridized carbons (Fsp3) is 0.158. The van der Waals surface area contributed by atoms with Crippen molar-refractivity contribution in [1.82, 2.24) is 5.32 Å². The van der Waals surface area contributed by atoms with Gasteiger partial charge in [0.25, 0.3) is 5.69 Å². The number of nitrogens with zero attached hydrogens (tertiary/aromatic N) is 2. The summed E-state index contributed by atoms with van der Waals surface area (Å²) in [7, 11) is 1.23. The molecule has 1 aliphatic heterocycles. The van der Waals surface area contributed by atoms with Gasteiger partial charge < -0.3 is 10.1 Å². The number of benzene rings is 2. The van der Waals surface area contributed by atoms with E-state index in [0.29, 0.717) is 11.4 Å². The molecule has 1 heterocycles. The molecule has 0 saturated carbocycles. The summed E-state index contributed by atoms with van der Waals surface area (Å²) in [5.74, 6) is -1.06. The lowest BCUT2D eigenvalue weighted by molar-refractivity contribution is -0.385. The summed E-state index contributed by atoms with van der Waals surface area (Å²) >= 11 is 5.45. The summed E-state index contributed by atoms with van der Waals surface area (Å²) in [6.07, 6.45) is 0. The van der Waals surface area contributed by atoms with Gasteiger partial charge >= 0.3 is 5.97 Å². The fourth-order valence-electron chi connectivity index (χ4n) is 3.15. The minimum absolute atomic E-state index is 0.146. The van der Waals surface area contributed by atoms with Crippen molar-refractivity contribution in [1.29, 1.82) is 0 Å². The number of nitrogens with one attached hydrogen (secondary N) is 1. The van der Waals surface area contributed by atoms with E-state index in [1.807, 2.05) is 0 Å². The number of para-hydroxylation sites is 1. The molecule has 2 aromatic carbocycles. The number of nitro benzene ring substituents is 1. The number of methoxy groups -OCH3 is 1.